The first-order valence-corrected chi connectivity index (χ1v) is 10.9. The maximum absolute atomic E-state index is 13.2. The van der Waals surface area contributed by atoms with E-state index in [1.54, 1.807) is 24.3 Å². The maximum Gasteiger partial charge on any atom is 0.294 e. The van der Waals surface area contributed by atoms with E-state index in [-0.39, 0.29) is 17.3 Å². The van der Waals surface area contributed by atoms with Crippen LogP contribution in [0.4, 0.5) is 5.82 Å². The molecule has 2 aromatic heterocycles. The molecule has 0 saturated heterocycles. The van der Waals surface area contributed by atoms with E-state index in [1.807, 2.05) is 25.1 Å². The molecule has 2 aromatic carbocycles. The molecule has 0 unspecified atom stereocenters. The van der Waals surface area contributed by atoms with Crippen LogP contribution < -0.4 is 15.9 Å². The summed E-state index contributed by atoms with van der Waals surface area (Å²) in [5.41, 5.74) is 12.7. The van der Waals surface area contributed by atoms with Crippen LogP contribution in [0.15, 0.2) is 58.3 Å². The number of aromatic nitrogens is 5. The lowest BCUT2D eigenvalue weighted by Gasteiger charge is -2.17. The summed E-state index contributed by atoms with van der Waals surface area (Å²) in [6.45, 7) is 2.44. The SMILES string of the molecule is CCOc1ccc(-c2c(C(=O)N/N=C3/CCCc4ccccc43)nnn2-c2nonc2N)cc1. The van der Waals surface area contributed by atoms with Crippen LogP contribution >= 0.6 is 0 Å². The van der Waals surface area contributed by atoms with Crippen molar-refractivity contribution in [2.45, 2.75) is 26.2 Å². The lowest BCUT2D eigenvalue weighted by molar-refractivity contribution is 0.0950. The lowest BCUT2D eigenvalue weighted by Crippen LogP contribution is -2.23. The zero-order valence-electron chi connectivity index (χ0n) is 18.4. The second-order valence-electron chi connectivity index (χ2n) is 7.64. The highest BCUT2D eigenvalue weighted by Gasteiger charge is 2.25. The molecule has 1 amide bonds. The number of aryl methyl sites for hydroxylation is 1. The Morgan fingerprint density at radius 1 is 1.18 bits per heavy atom. The van der Waals surface area contributed by atoms with Crippen molar-refractivity contribution in [2.24, 2.45) is 5.10 Å². The Balaban J connectivity index is 1.51. The predicted molar refractivity (Wildman–Crippen MR) is 124 cm³/mol. The van der Waals surface area contributed by atoms with E-state index in [0.29, 0.717) is 23.6 Å². The fourth-order valence-corrected chi connectivity index (χ4v) is 3.94. The molecule has 11 heteroatoms. The maximum atomic E-state index is 13.2. The van der Waals surface area contributed by atoms with Gasteiger partial charge in [0.15, 0.2) is 5.69 Å². The van der Waals surface area contributed by atoms with Crippen LogP contribution in [0.2, 0.25) is 0 Å². The van der Waals surface area contributed by atoms with Gasteiger partial charge in [-0.2, -0.15) is 9.78 Å². The molecule has 5 rings (SSSR count). The lowest BCUT2D eigenvalue weighted by atomic mass is 9.90. The quantitative estimate of drug-likeness (QED) is 0.419. The Labute approximate surface area is 194 Å². The summed E-state index contributed by atoms with van der Waals surface area (Å²) in [6.07, 6.45) is 2.74. The number of hydrogen-bond donors (Lipinski definition) is 2. The molecule has 0 fully saturated rings. The number of nitrogen functional groups attached to an aromatic ring is 1. The van der Waals surface area contributed by atoms with Crippen LogP contribution in [-0.2, 0) is 6.42 Å². The van der Waals surface area contributed by atoms with Gasteiger partial charge >= 0.3 is 0 Å². The number of rotatable bonds is 6. The van der Waals surface area contributed by atoms with E-state index in [1.165, 1.54) is 10.2 Å². The molecule has 3 N–H and O–H groups in total. The Hall–Kier alpha value is -4.54. The van der Waals surface area contributed by atoms with E-state index >= 15 is 0 Å². The number of fused-ring (bicyclic) bond motifs is 1. The van der Waals surface area contributed by atoms with Gasteiger partial charge in [-0.25, -0.2) is 10.1 Å². The van der Waals surface area contributed by atoms with Crippen LogP contribution in [0.1, 0.15) is 41.4 Å². The Morgan fingerprint density at radius 3 is 2.76 bits per heavy atom. The van der Waals surface area contributed by atoms with Gasteiger partial charge in [0.25, 0.3) is 5.91 Å². The number of nitrogens with one attached hydrogen (secondary N) is 1. The number of nitrogens with two attached hydrogens (primary N) is 1. The van der Waals surface area contributed by atoms with E-state index in [0.717, 1.165) is 30.5 Å². The fraction of sp³-hybridized carbons (Fsp3) is 0.217. The third-order valence-electron chi connectivity index (χ3n) is 5.50. The van der Waals surface area contributed by atoms with Crippen LogP contribution in [0, 0.1) is 0 Å². The van der Waals surface area contributed by atoms with Crippen LogP contribution in [0.3, 0.4) is 0 Å². The van der Waals surface area contributed by atoms with Crippen molar-refractivity contribution in [3.05, 3.63) is 65.4 Å². The Kier molecular flexibility index (Phi) is 5.73. The number of carbonyl (C=O) groups is 1. The van der Waals surface area contributed by atoms with Crippen molar-refractivity contribution in [3.63, 3.8) is 0 Å². The minimum Gasteiger partial charge on any atom is -0.494 e. The number of anilines is 1. The van der Waals surface area contributed by atoms with Crippen molar-refractivity contribution in [1.29, 1.82) is 0 Å². The summed E-state index contributed by atoms with van der Waals surface area (Å²) in [5.74, 6) is 0.327. The molecule has 1 aliphatic rings. The summed E-state index contributed by atoms with van der Waals surface area (Å²) < 4.78 is 11.6. The van der Waals surface area contributed by atoms with Gasteiger partial charge in [-0.15, -0.1) is 5.10 Å². The first kappa shape index (κ1) is 21.3. The number of carbonyl (C=O) groups excluding carboxylic acids is 1. The van der Waals surface area contributed by atoms with Gasteiger partial charge in [0.2, 0.25) is 11.6 Å². The minimum absolute atomic E-state index is 0.0168. The summed E-state index contributed by atoms with van der Waals surface area (Å²) in [5, 5.41) is 20.0. The average Bonchev–Trinajstić information content (AvgIpc) is 3.49. The summed E-state index contributed by atoms with van der Waals surface area (Å²) in [7, 11) is 0. The Morgan fingerprint density at radius 2 is 2.00 bits per heavy atom. The predicted octanol–water partition coefficient (Wildman–Crippen LogP) is 2.77. The first-order valence-electron chi connectivity index (χ1n) is 10.9. The summed E-state index contributed by atoms with van der Waals surface area (Å²) >= 11 is 0. The minimum atomic E-state index is -0.513. The standard InChI is InChI=1S/C23H22N8O3/c1-2-33-16-12-10-15(11-13-16)20-19(26-30-31(20)22-21(24)28-34-29-22)23(32)27-25-18-9-5-7-14-6-3-4-8-17(14)18/h3-4,6,8,10-13H,2,5,7,9H2,1H3,(H2,24,28)(H,27,32)/b25-18-. The number of hydrazone groups is 1. The van der Waals surface area contributed by atoms with Gasteiger partial charge in [-0.1, -0.05) is 29.5 Å². The van der Waals surface area contributed by atoms with Gasteiger partial charge in [0, 0.05) is 11.1 Å². The molecular formula is C23H22N8O3. The van der Waals surface area contributed by atoms with Gasteiger partial charge in [-0.05, 0) is 66.3 Å². The van der Waals surface area contributed by atoms with Crippen LogP contribution in [-0.4, -0.2) is 43.5 Å². The molecule has 0 atom stereocenters. The second kappa shape index (κ2) is 9.14. The monoisotopic (exact) mass is 458 g/mol. The molecular weight excluding hydrogens is 436 g/mol. The normalized spacial score (nSPS) is 14.1. The van der Waals surface area contributed by atoms with Crippen molar-refractivity contribution in [1.82, 2.24) is 30.7 Å². The molecule has 0 saturated carbocycles. The molecule has 34 heavy (non-hydrogen) atoms. The molecule has 172 valence electrons. The molecule has 2 heterocycles. The third-order valence-corrected chi connectivity index (χ3v) is 5.50. The van der Waals surface area contributed by atoms with Crippen molar-refractivity contribution >= 4 is 17.4 Å². The van der Waals surface area contributed by atoms with Gasteiger partial charge in [0.05, 0.1) is 12.3 Å². The molecule has 0 spiro atoms. The molecule has 0 aliphatic heterocycles. The summed E-state index contributed by atoms with van der Waals surface area (Å²) in [6, 6.07) is 15.2. The van der Waals surface area contributed by atoms with E-state index in [4.69, 9.17) is 15.1 Å². The van der Waals surface area contributed by atoms with Crippen molar-refractivity contribution < 1.29 is 14.2 Å². The molecule has 4 aromatic rings. The van der Waals surface area contributed by atoms with Crippen LogP contribution in [0.5, 0.6) is 5.75 Å². The summed E-state index contributed by atoms with van der Waals surface area (Å²) in [4.78, 5) is 13.2. The Bertz CT molecular complexity index is 1360. The third kappa shape index (κ3) is 3.98. The second-order valence-corrected chi connectivity index (χ2v) is 7.64. The van der Waals surface area contributed by atoms with Crippen molar-refractivity contribution in [3.8, 4) is 22.8 Å². The van der Waals surface area contributed by atoms with Crippen LogP contribution in [0.25, 0.3) is 17.1 Å². The van der Waals surface area contributed by atoms with E-state index in [2.05, 4.69) is 37.2 Å². The number of ether oxygens (including phenoxy) is 1. The highest BCUT2D eigenvalue weighted by atomic mass is 16.6. The molecule has 11 nitrogen and oxygen atoms in total. The van der Waals surface area contributed by atoms with Gasteiger partial charge in [0.1, 0.15) is 11.4 Å². The highest BCUT2D eigenvalue weighted by Crippen LogP contribution is 2.28. The molecule has 0 radical (unpaired) electrons. The largest absolute Gasteiger partial charge is 0.494 e. The fourth-order valence-electron chi connectivity index (χ4n) is 3.94. The number of amides is 1. The number of benzene rings is 2. The van der Waals surface area contributed by atoms with Crippen molar-refractivity contribution in [2.75, 3.05) is 12.3 Å². The first-order chi connectivity index (χ1) is 16.7. The molecule has 0 bridgehead atoms. The highest BCUT2D eigenvalue weighted by molar-refractivity contribution is 6.04. The zero-order chi connectivity index (χ0) is 23.5. The smallest absolute Gasteiger partial charge is 0.294 e. The average molecular weight is 458 g/mol. The van der Waals surface area contributed by atoms with Gasteiger partial charge in [-0.3, -0.25) is 4.79 Å². The zero-order valence-corrected chi connectivity index (χ0v) is 18.4. The number of hydrogen-bond acceptors (Lipinski definition) is 9. The van der Waals surface area contributed by atoms with E-state index in [9.17, 15) is 4.79 Å². The molecule has 1 aliphatic carbocycles. The topological polar surface area (TPSA) is 146 Å². The van der Waals surface area contributed by atoms with E-state index < -0.39 is 5.91 Å². The number of nitrogens with zero attached hydrogens (tertiary/aromatic N) is 6. The van der Waals surface area contributed by atoms with Gasteiger partial charge < -0.3 is 10.5 Å².